The van der Waals surface area contributed by atoms with Crippen molar-refractivity contribution in [1.82, 2.24) is 10.2 Å². The topological polar surface area (TPSA) is 15.3 Å². The summed E-state index contributed by atoms with van der Waals surface area (Å²) in [4.78, 5) is 1.90. The van der Waals surface area contributed by atoms with Crippen molar-refractivity contribution in [2.45, 2.75) is 70.0 Å². The fourth-order valence-corrected chi connectivity index (χ4v) is 3.49. The van der Waals surface area contributed by atoms with Gasteiger partial charge in [-0.2, -0.15) is 13.2 Å². The molecule has 2 rings (SSSR count). The Labute approximate surface area is 126 Å². The zero-order valence-electron chi connectivity index (χ0n) is 13.1. The summed E-state index contributed by atoms with van der Waals surface area (Å²) >= 11 is 0. The van der Waals surface area contributed by atoms with Crippen LogP contribution in [0.3, 0.4) is 0 Å². The van der Waals surface area contributed by atoms with Gasteiger partial charge in [0.25, 0.3) is 0 Å². The lowest BCUT2D eigenvalue weighted by Gasteiger charge is -2.37. The Balaban J connectivity index is 1.86. The van der Waals surface area contributed by atoms with E-state index in [-0.39, 0.29) is 12.0 Å². The first-order valence-electron chi connectivity index (χ1n) is 8.37. The highest BCUT2D eigenvalue weighted by Gasteiger charge is 2.35. The van der Waals surface area contributed by atoms with Crippen molar-refractivity contribution in [2.75, 3.05) is 26.7 Å². The maximum atomic E-state index is 12.4. The van der Waals surface area contributed by atoms with E-state index in [2.05, 4.69) is 5.32 Å². The molecule has 0 unspecified atom stereocenters. The Hall–Kier alpha value is -0.290. The Morgan fingerprint density at radius 1 is 1.10 bits per heavy atom. The smallest absolute Gasteiger partial charge is 0.313 e. The molecular formula is C16H29F3N2. The molecule has 0 saturated heterocycles. The van der Waals surface area contributed by atoms with E-state index in [9.17, 15) is 13.2 Å². The van der Waals surface area contributed by atoms with E-state index in [1.807, 2.05) is 11.9 Å². The van der Waals surface area contributed by atoms with E-state index in [1.54, 1.807) is 0 Å². The molecule has 2 aliphatic carbocycles. The summed E-state index contributed by atoms with van der Waals surface area (Å²) in [5, 5.41) is 3.62. The van der Waals surface area contributed by atoms with Crippen molar-refractivity contribution in [3.05, 3.63) is 0 Å². The summed E-state index contributed by atoms with van der Waals surface area (Å²) in [5.41, 5.74) is 0.180. The van der Waals surface area contributed by atoms with Crippen molar-refractivity contribution >= 4 is 0 Å². The number of rotatable bonds is 7. The number of nitrogens with one attached hydrogen (secondary N) is 1. The van der Waals surface area contributed by atoms with Crippen LogP contribution in [0.15, 0.2) is 0 Å². The van der Waals surface area contributed by atoms with Gasteiger partial charge in [-0.15, -0.1) is 0 Å². The van der Waals surface area contributed by atoms with Gasteiger partial charge < -0.3 is 10.2 Å². The predicted octanol–water partition coefficient (Wildman–Crippen LogP) is 3.96. The summed E-state index contributed by atoms with van der Waals surface area (Å²) in [7, 11) is 1.84. The Morgan fingerprint density at radius 2 is 1.71 bits per heavy atom. The molecule has 124 valence electrons. The fraction of sp³-hybridized carbons (Fsp3) is 1.00. The molecule has 0 heterocycles. The number of alkyl halides is 3. The Morgan fingerprint density at radius 3 is 2.24 bits per heavy atom. The summed E-state index contributed by atoms with van der Waals surface area (Å²) < 4.78 is 37.1. The molecule has 0 amide bonds. The third-order valence-electron chi connectivity index (χ3n) is 4.89. The molecule has 0 radical (unpaired) electrons. The fourth-order valence-electron chi connectivity index (χ4n) is 3.49. The molecule has 2 saturated carbocycles. The van der Waals surface area contributed by atoms with Crippen molar-refractivity contribution in [1.29, 1.82) is 0 Å². The predicted molar refractivity (Wildman–Crippen MR) is 79.3 cm³/mol. The van der Waals surface area contributed by atoms with E-state index in [1.165, 1.54) is 38.5 Å². The number of hydrogen-bond donors (Lipinski definition) is 1. The minimum atomic E-state index is -4.04. The lowest BCUT2D eigenvalue weighted by atomic mass is 9.79. The molecule has 21 heavy (non-hydrogen) atoms. The lowest BCUT2D eigenvalue weighted by Crippen LogP contribution is -2.44. The van der Waals surface area contributed by atoms with E-state index < -0.39 is 12.6 Å². The molecule has 5 heteroatoms. The highest BCUT2D eigenvalue weighted by molar-refractivity contribution is 4.90. The molecule has 0 bridgehead atoms. The first-order valence-corrected chi connectivity index (χ1v) is 8.37. The summed E-state index contributed by atoms with van der Waals surface area (Å²) in [5.74, 6) is 0. The van der Waals surface area contributed by atoms with Gasteiger partial charge in [-0.1, -0.05) is 25.7 Å². The van der Waals surface area contributed by atoms with Gasteiger partial charge in [-0.05, 0) is 38.1 Å². The largest absolute Gasteiger partial charge is 0.390 e. The van der Waals surface area contributed by atoms with Gasteiger partial charge in [-0.3, -0.25) is 0 Å². The van der Waals surface area contributed by atoms with Gasteiger partial charge in [0.2, 0.25) is 0 Å². The maximum absolute atomic E-state index is 12.4. The van der Waals surface area contributed by atoms with Crippen molar-refractivity contribution in [3.8, 4) is 0 Å². The SMILES string of the molecule is CN(CCC(F)(F)F)CC1(CNC2CC2)CCCCCC1. The lowest BCUT2D eigenvalue weighted by molar-refractivity contribution is -0.138. The summed E-state index contributed by atoms with van der Waals surface area (Å²) in [6, 6.07) is 0.672. The van der Waals surface area contributed by atoms with Crippen molar-refractivity contribution in [2.24, 2.45) is 5.41 Å². The molecule has 2 fully saturated rings. The monoisotopic (exact) mass is 306 g/mol. The molecule has 0 atom stereocenters. The average Bonchev–Trinajstić information content (AvgIpc) is 3.21. The normalized spacial score (nSPS) is 23.3. The molecule has 2 aliphatic rings. The first-order chi connectivity index (χ1) is 9.89. The number of nitrogens with zero attached hydrogens (tertiary/aromatic N) is 1. The van der Waals surface area contributed by atoms with Crippen LogP contribution in [0.5, 0.6) is 0 Å². The average molecular weight is 306 g/mol. The Bertz CT molecular complexity index is 305. The minimum absolute atomic E-state index is 0.120. The molecular weight excluding hydrogens is 277 g/mol. The summed E-state index contributed by atoms with van der Waals surface area (Å²) in [6.07, 6.45) is 5.09. The highest BCUT2D eigenvalue weighted by Crippen LogP contribution is 2.36. The van der Waals surface area contributed by atoms with Gasteiger partial charge in [0.15, 0.2) is 0 Å². The molecule has 0 aromatic rings. The van der Waals surface area contributed by atoms with Gasteiger partial charge in [0.1, 0.15) is 0 Å². The standard InChI is InChI=1S/C16H29F3N2/c1-21(11-10-16(17,18)19)13-15(12-20-14-6-7-14)8-4-2-3-5-9-15/h14,20H,2-13H2,1H3. The van der Waals surface area contributed by atoms with Gasteiger partial charge in [0.05, 0.1) is 6.42 Å². The van der Waals surface area contributed by atoms with Crippen LogP contribution in [0.1, 0.15) is 57.8 Å². The van der Waals surface area contributed by atoms with E-state index in [0.717, 1.165) is 25.9 Å². The molecule has 0 spiro atoms. The highest BCUT2D eigenvalue weighted by atomic mass is 19.4. The third kappa shape index (κ3) is 6.55. The second-order valence-corrected chi connectivity index (χ2v) is 7.17. The molecule has 0 aliphatic heterocycles. The van der Waals surface area contributed by atoms with E-state index >= 15 is 0 Å². The molecule has 1 N–H and O–H groups in total. The van der Waals surface area contributed by atoms with Gasteiger partial charge >= 0.3 is 6.18 Å². The van der Waals surface area contributed by atoms with E-state index in [0.29, 0.717) is 6.04 Å². The van der Waals surface area contributed by atoms with Crippen LogP contribution in [0, 0.1) is 5.41 Å². The van der Waals surface area contributed by atoms with E-state index in [4.69, 9.17) is 0 Å². The maximum Gasteiger partial charge on any atom is 0.390 e. The van der Waals surface area contributed by atoms with Crippen molar-refractivity contribution < 1.29 is 13.2 Å². The van der Waals surface area contributed by atoms with Crippen LogP contribution in [0.4, 0.5) is 13.2 Å². The molecule has 0 aromatic carbocycles. The van der Waals surface area contributed by atoms with Gasteiger partial charge in [-0.25, -0.2) is 0 Å². The van der Waals surface area contributed by atoms with Crippen LogP contribution < -0.4 is 5.32 Å². The second-order valence-electron chi connectivity index (χ2n) is 7.17. The Kier molecular flexibility index (Phi) is 5.95. The van der Waals surface area contributed by atoms with Crippen LogP contribution in [0.25, 0.3) is 0 Å². The second kappa shape index (κ2) is 7.32. The number of halogens is 3. The molecule has 2 nitrogen and oxygen atoms in total. The van der Waals surface area contributed by atoms with Crippen LogP contribution in [-0.2, 0) is 0 Å². The number of hydrogen-bond acceptors (Lipinski definition) is 2. The summed E-state index contributed by atoms with van der Waals surface area (Å²) in [6.45, 7) is 1.89. The first kappa shape index (κ1) is 17.1. The zero-order valence-corrected chi connectivity index (χ0v) is 13.1. The van der Waals surface area contributed by atoms with Crippen LogP contribution in [0.2, 0.25) is 0 Å². The quantitative estimate of drug-likeness (QED) is 0.716. The minimum Gasteiger partial charge on any atom is -0.313 e. The third-order valence-corrected chi connectivity index (χ3v) is 4.89. The van der Waals surface area contributed by atoms with Crippen molar-refractivity contribution in [3.63, 3.8) is 0 Å². The van der Waals surface area contributed by atoms with Crippen LogP contribution in [-0.4, -0.2) is 43.8 Å². The zero-order chi connectivity index (χ0) is 15.3. The van der Waals surface area contributed by atoms with Crippen LogP contribution >= 0.6 is 0 Å². The van der Waals surface area contributed by atoms with Gasteiger partial charge in [0, 0.05) is 25.7 Å². The molecule has 0 aromatic heterocycles.